The largest absolute Gasteiger partial charge is 0.377 e. The van der Waals surface area contributed by atoms with E-state index in [1.807, 2.05) is 75.4 Å². The van der Waals surface area contributed by atoms with Gasteiger partial charge in [0.15, 0.2) is 5.60 Å². The standard InChI is InChI=1S/C20H21N3O/c1-19(2,3)20(24,17-11-5-7-14-22-17)18-12-8-10-16(23-18)15-9-4-6-13-21-15/h4-14,24H,1-3H3. The van der Waals surface area contributed by atoms with E-state index in [2.05, 4.69) is 9.97 Å². The molecule has 0 radical (unpaired) electrons. The van der Waals surface area contributed by atoms with Gasteiger partial charge in [-0.05, 0) is 36.4 Å². The Hall–Kier alpha value is -2.59. The molecule has 0 aromatic carbocycles. The number of nitrogens with zero attached hydrogens (tertiary/aromatic N) is 3. The lowest BCUT2D eigenvalue weighted by molar-refractivity contribution is -0.0331. The third kappa shape index (κ3) is 2.81. The zero-order valence-electron chi connectivity index (χ0n) is 14.1. The molecule has 122 valence electrons. The van der Waals surface area contributed by atoms with Gasteiger partial charge < -0.3 is 5.11 Å². The van der Waals surface area contributed by atoms with Gasteiger partial charge in [-0.2, -0.15) is 0 Å². The summed E-state index contributed by atoms with van der Waals surface area (Å²) in [5, 5.41) is 11.6. The summed E-state index contributed by atoms with van der Waals surface area (Å²) in [6, 6.07) is 16.9. The summed E-state index contributed by atoms with van der Waals surface area (Å²) in [4.78, 5) is 13.4. The van der Waals surface area contributed by atoms with Gasteiger partial charge in [-0.25, -0.2) is 4.98 Å². The van der Waals surface area contributed by atoms with Crippen molar-refractivity contribution in [1.29, 1.82) is 0 Å². The molecule has 1 atom stereocenters. The predicted octanol–water partition coefficient (Wildman–Crippen LogP) is 3.82. The average Bonchev–Trinajstić information content (AvgIpc) is 2.61. The van der Waals surface area contributed by atoms with Crippen molar-refractivity contribution in [2.45, 2.75) is 26.4 Å². The zero-order valence-corrected chi connectivity index (χ0v) is 14.1. The topological polar surface area (TPSA) is 58.9 Å². The molecule has 0 fully saturated rings. The van der Waals surface area contributed by atoms with Gasteiger partial charge in [0.05, 0.1) is 22.8 Å². The second-order valence-corrected chi connectivity index (χ2v) is 6.80. The van der Waals surface area contributed by atoms with Crippen LogP contribution in [0.25, 0.3) is 11.4 Å². The van der Waals surface area contributed by atoms with E-state index in [0.29, 0.717) is 11.4 Å². The molecule has 3 rings (SSSR count). The monoisotopic (exact) mass is 319 g/mol. The molecule has 4 nitrogen and oxygen atoms in total. The van der Waals surface area contributed by atoms with Gasteiger partial charge in [0.2, 0.25) is 0 Å². The van der Waals surface area contributed by atoms with E-state index in [4.69, 9.17) is 4.98 Å². The van der Waals surface area contributed by atoms with Crippen LogP contribution in [0.5, 0.6) is 0 Å². The van der Waals surface area contributed by atoms with Gasteiger partial charge >= 0.3 is 0 Å². The SMILES string of the molecule is CC(C)(C)C(O)(c1ccccn1)c1cccc(-c2ccccn2)n1. The van der Waals surface area contributed by atoms with E-state index in [0.717, 1.165) is 11.4 Å². The van der Waals surface area contributed by atoms with Crippen LogP contribution >= 0.6 is 0 Å². The van der Waals surface area contributed by atoms with Gasteiger partial charge in [-0.15, -0.1) is 0 Å². The van der Waals surface area contributed by atoms with E-state index in [9.17, 15) is 5.11 Å². The van der Waals surface area contributed by atoms with Gasteiger partial charge in [0.1, 0.15) is 0 Å². The fourth-order valence-corrected chi connectivity index (χ4v) is 2.77. The molecule has 0 aliphatic heterocycles. The lowest BCUT2D eigenvalue weighted by atomic mass is 9.72. The molecular formula is C20H21N3O. The highest BCUT2D eigenvalue weighted by molar-refractivity contribution is 5.54. The highest BCUT2D eigenvalue weighted by Gasteiger charge is 2.45. The number of aromatic nitrogens is 3. The summed E-state index contributed by atoms with van der Waals surface area (Å²) in [6.07, 6.45) is 3.42. The van der Waals surface area contributed by atoms with E-state index in [1.54, 1.807) is 12.4 Å². The van der Waals surface area contributed by atoms with Crippen LogP contribution in [0, 0.1) is 5.41 Å². The van der Waals surface area contributed by atoms with Crippen LogP contribution in [0.15, 0.2) is 67.0 Å². The first kappa shape index (κ1) is 16.3. The molecule has 3 aromatic rings. The molecule has 1 unspecified atom stereocenters. The maximum Gasteiger partial charge on any atom is 0.153 e. The summed E-state index contributed by atoms with van der Waals surface area (Å²) in [5.74, 6) is 0. The summed E-state index contributed by atoms with van der Waals surface area (Å²) in [7, 11) is 0. The van der Waals surface area contributed by atoms with Gasteiger partial charge in [0.25, 0.3) is 0 Å². The number of hydrogen-bond acceptors (Lipinski definition) is 4. The predicted molar refractivity (Wildman–Crippen MR) is 94.2 cm³/mol. The second kappa shape index (κ2) is 6.13. The summed E-state index contributed by atoms with van der Waals surface area (Å²) < 4.78 is 0. The minimum atomic E-state index is -1.31. The van der Waals surface area contributed by atoms with Crippen molar-refractivity contribution in [2.75, 3.05) is 0 Å². The molecule has 0 aliphatic carbocycles. The minimum Gasteiger partial charge on any atom is -0.377 e. The van der Waals surface area contributed by atoms with Gasteiger partial charge in [-0.3, -0.25) is 9.97 Å². The Labute approximate surface area is 142 Å². The summed E-state index contributed by atoms with van der Waals surface area (Å²) in [6.45, 7) is 5.95. The Balaban J connectivity index is 2.17. The number of rotatable bonds is 3. The third-order valence-electron chi connectivity index (χ3n) is 4.17. The maximum absolute atomic E-state index is 11.6. The fraction of sp³-hybridized carbons (Fsp3) is 0.250. The van der Waals surface area contributed by atoms with Crippen LogP contribution in [-0.4, -0.2) is 20.1 Å². The maximum atomic E-state index is 11.6. The van der Waals surface area contributed by atoms with Crippen molar-refractivity contribution in [2.24, 2.45) is 5.41 Å². The van der Waals surface area contributed by atoms with Crippen LogP contribution in [0.4, 0.5) is 0 Å². The molecular weight excluding hydrogens is 298 g/mol. The van der Waals surface area contributed by atoms with Gasteiger partial charge in [0, 0.05) is 17.8 Å². The van der Waals surface area contributed by atoms with Gasteiger partial charge in [-0.1, -0.05) is 39.0 Å². The summed E-state index contributed by atoms with van der Waals surface area (Å²) in [5.41, 5.74) is 0.860. The van der Waals surface area contributed by atoms with E-state index >= 15 is 0 Å². The van der Waals surface area contributed by atoms with Crippen molar-refractivity contribution in [1.82, 2.24) is 15.0 Å². The Kier molecular flexibility index (Phi) is 4.16. The van der Waals surface area contributed by atoms with Crippen molar-refractivity contribution in [3.63, 3.8) is 0 Å². The molecule has 4 heteroatoms. The minimum absolute atomic E-state index is 0.489. The third-order valence-corrected chi connectivity index (χ3v) is 4.17. The van der Waals surface area contributed by atoms with Crippen molar-refractivity contribution < 1.29 is 5.11 Å². The molecule has 0 aliphatic rings. The molecule has 0 saturated carbocycles. The molecule has 0 spiro atoms. The van der Waals surface area contributed by atoms with Crippen LogP contribution in [0.3, 0.4) is 0 Å². The lowest BCUT2D eigenvalue weighted by Crippen LogP contribution is -2.42. The van der Waals surface area contributed by atoms with E-state index in [-0.39, 0.29) is 0 Å². The molecule has 24 heavy (non-hydrogen) atoms. The Morgan fingerprint density at radius 2 is 1.33 bits per heavy atom. The Morgan fingerprint density at radius 3 is 1.92 bits per heavy atom. The zero-order chi connectivity index (χ0) is 17.2. The van der Waals surface area contributed by atoms with Crippen LogP contribution in [-0.2, 0) is 5.60 Å². The van der Waals surface area contributed by atoms with Crippen molar-refractivity contribution in [3.8, 4) is 11.4 Å². The van der Waals surface area contributed by atoms with E-state index < -0.39 is 11.0 Å². The highest BCUT2D eigenvalue weighted by Crippen LogP contribution is 2.43. The van der Waals surface area contributed by atoms with E-state index in [1.165, 1.54) is 0 Å². The Morgan fingerprint density at radius 1 is 0.708 bits per heavy atom. The average molecular weight is 319 g/mol. The normalized spacial score (nSPS) is 14.2. The van der Waals surface area contributed by atoms with Crippen molar-refractivity contribution >= 4 is 0 Å². The quantitative estimate of drug-likeness (QED) is 0.797. The second-order valence-electron chi connectivity index (χ2n) is 6.80. The summed E-state index contributed by atoms with van der Waals surface area (Å²) >= 11 is 0. The number of pyridine rings is 3. The smallest absolute Gasteiger partial charge is 0.153 e. The van der Waals surface area contributed by atoms with Crippen LogP contribution in [0.2, 0.25) is 0 Å². The molecule has 0 saturated heterocycles. The molecule has 3 aromatic heterocycles. The first-order chi connectivity index (χ1) is 11.4. The number of hydrogen-bond donors (Lipinski definition) is 1. The first-order valence-corrected chi connectivity index (χ1v) is 7.96. The van der Waals surface area contributed by atoms with Crippen LogP contribution in [0.1, 0.15) is 32.2 Å². The number of aliphatic hydroxyl groups is 1. The first-order valence-electron chi connectivity index (χ1n) is 7.96. The molecule has 0 bridgehead atoms. The lowest BCUT2D eigenvalue weighted by Gasteiger charge is -2.39. The highest BCUT2D eigenvalue weighted by atomic mass is 16.3. The molecule has 0 amide bonds. The molecule has 3 heterocycles. The van der Waals surface area contributed by atoms with Crippen LogP contribution < -0.4 is 0 Å². The molecule has 1 N–H and O–H groups in total. The fourth-order valence-electron chi connectivity index (χ4n) is 2.77. The Bertz CT molecular complexity index is 813. The van der Waals surface area contributed by atoms with Crippen molar-refractivity contribution in [3.05, 3.63) is 78.4 Å².